The van der Waals surface area contributed by atoms with E-state index in [1.165, 1.54) is 0 Å². The average molecular weight is 436 g/mol. The van der Waals surface area contributed by atoms with Gasteiger partial charge in [-0.2, -0.15) is 0 Å². The average Bonchev–Trinajstić information content (AvgIpc) is 2.59. The smallest absolute Gasteiger partial charge is 0.315 e. The van der Waals surface area contributed by atoms with Crippen LogP contribution in [0.2, 0.25) is 0 Å². The Labute approximate surface area is 177 Å². The molecule has 0 saturated carbocycles. The first-order chi connectivity index (χ1) is 13.9. The van der Waals surface area contributed by atoms with Gasteiger partial charge in [-0.25, -0.2) is 13.1 Å². The van der Waals surface area contributed by atoms with Crippen LogP contribution in [-0.4, -0.2) is 48.8 Å². The number of hydrogen-bond donors (Lipinski definition) is 1. The molecule has 0 aliphatic carbocycles. The molecule has 2 unspecified atom stereocenters. The summed E-state index contributed by atoms with van der Waals surface area (Å²) in [5.74, 6) is -3.42. The molecule has 0 aromatic carbocycles. The maximum atomic E-state index is 13.2. The fraction of sp³-hybridized carbons (Fsp3) is 0.524. The Hall–Kier alpha value is -2.39. The van der Waals surface area contributed by atoms with Gasteiger partial charge >= 0.3 is 5.97 Å². The molecule has 8 nitrogen and oxygen atoms in total. The van der Waals surface area contributed by atoms with Crippen LogP contribution in [0.1, 0.15) is 53.0 Å². The van der Waals surface area contributed by atoms with Crippen molar-refractivity contribution in [3.63, 3.8) is 0 Å². The number of sulfonamides is 1. The summed E-state index contributed by atoms with van der Waals surface area (Å²) >= 11 is 0. The molecule has 0 saturated heterocycles. The third-order valence-corrected chi connectivity index (χ3v) is 5.99. The van der Waals surface area contributed by atoms with E-state index in [1.807, 2.05) is 0 Å². The van der Waals surface area contributed by atoms with Gasteiger partial charge in [0.2, 0.25) is 10.0 Å². The number of nitrogens with one attached hydrogen (secondary N) is 1. The van der Waals surface area contributed by atoms with E-state index in [9.17, 15) is 18.0 Å². The molecule has 0 radical (unpaired) electrons. The minimum absolute atomic E-state index is 0.188. The van der Waals surface area contributed by atoms with Gasteiger partial charge in [0, 0.05) is 41.3 Å². The normalized spacial score (nSPS) is 19.8. The number of ketones is 1. The van der Waals surface area contributed by atoms with E-state index in [0.717, 1.165) is 0 Å². The lowest BCUT2D eigenvalue weighted by Gasteiger charge is -2.32. The summed E-state index contributed by atoms with van der Waals surface area (Å²) in [4.78, 5) is 34.6. The fourth-order valence-electron chi connectivity index (χ4n) is 3.58. The molecule has 0 bridgehead atoms. The second kappa shape index (κ2) is 9.61. The number of rotatable bonds is 8. The first kappa shape index (κ1) is 23.9. The number of aliphatic imine (C=N–C) groups is 1. The summed E-state index contributed by atoms with van der Waals surface area (Å²) in [7, 11) is -3.84. The third kappa shape index (κ3) is 5.82. The van der Waals surface area contributed by atoms with E-state index in [-0.39, 0.29) is 17.7 Å². The first-order valence-electron chi connectivity index (χ1n) is 9.82. The number of ether oxygens (including phenoxy) is 1. The Bertz CT molecular complexity index is 966. The molecule has 2 atom stereocenters. The van der Waals surface area contributed by atoms with Crippen LogP contribution >= 0.6 is 0 Å². The minimum Gasteiger partial charge on any atom is -0.462 e. The van der Waals surface area contributed by atoms with Gasteiger partial charge in [-0.1, -0.05) is 6.07 Å². The van der Waals surface area contributed by atoms with Crippen molar-refractivity contribution in [1.29, 1.82) is 0 Å². The molecule has 1 N–H and O–H groups in total. The number of hydrogen-bond acceptors (Lipinski definition) is 7. The Morgan fingerprint density at radius 2 is 1.87 bits per heavy atom. The van der Waals surface area contributed by atoms with Gasteiger partial charge in [0.25, 0.3) is 0 Å². The van der Waals surface area contributed by atoms with Gasteiger partial charge in [0.05, 0.1) is 6.10 Å². The maximum Gasteiger partial charge on any atom is 0.315 e. The highest BCUT2D eigenvalue weighted by Gasteiger charge is 2.42. The molecule has 1 aliphatic rings. The molecule has 1 aromatic rings. The number of aromatic nitrogens is 1. The van der Waals surface area contributed by atoms with Crippen molar-refractivity contribution in [2.24, 2.45) is 10.9 Å². The first-order valence-corrected chi connectivity index (χ1v) is 11.5. The molecule has 2 heterocycles. The van der Waals surface area contributed by atoms with Crippen molar-refractivity contribution >= 4 is 27.5 Å². The highest BCUT2D eigenvalue weighted by molar-refractivity contribution is 7.90. The van der Waals surface area contributed by atoms with E-state index >= 15 is 0 Å². The summed E-state index contributed by atoms with van der Waals surface area (Å²) in [6.07, 6.45) is 2.81. The van der Waals surface area contributed by atoms with Crippen LogP contribution in [-0.2, 0) is 24.3 Å². The summed E-state index contributed by atoms with van der Waals surface area (Å²) in [5, 5.41) is 0. The standard InChI is InChI=1S/C21H29N3O5S/c1-12(2)24-30(27,28)11-17(25)18-14(5)23-15(6)19(21(26)29-13(3)4)20(18)16-8-7-9-22-10-16/h7-10,12-13,19-20,24H,11H2,1-6H3. The van der Waals surface area contributed by atoms with E-state index in [2.05, 4.69) is 14.7 Å². The predicted molar refractivity (Wildman–Crippen MR) is 115 cm³/mol. The van der Waals surface area contributed by atoms with Crippen LogP contribution in [0.5, 0.6) is 0 Å². The third-order valence-electron chi connectivity index (χ3n) is 4.51. The lowest BCUT2D eigenvalue weighted by molar-refractivity contribution is -0.150. The van der Waals surface area contributed by atoms with E-state index in [1.54, 1.807) is 66.1 Å². The fourth-order valence-corrected chi connectivity index (χ4v) is 4.89. The molecular formula is C21H29N3O5S. The number of esters is 1. The lowest BCUT2D eigenvalue weighted by atomic mass is 9.75. The van der Waals surface area contributed by atoms with Crippen LogP contribution in [0.25, 0.3) is 0 Å². The maximum absolute atomic E-state index is 13.2. The lowest BCUT2D eigenvalue weighted by Crippen LogP contribution is -2.40. The molecule has 0 amide bonds. The molecule has 1 aromatic heterocycles. The molecular weight excluding hydrogens is 406 g/mol. The van der Waals surface area contributed by atoms with Gasteiger partial charge in [0.15, 0.2) is 5.78 Å². The van der Waals surface area contributed by atoms with Crippen molar-refractivity contribution in [3.8, 4) is 0 Å². The zero-order chi connectivity index (χ0) is 22.6. The van der Waals surface area contributed by atoms with Crippen LogP contribution in [0.4, 0.5) is 0 Å². The number of Topliss-reactive ketones (excluding diaryl/α,β-unsaturated/α-hetero) is 1. The molecule has 2 rings (SSSR count). The Kier molecular flexibility index (Phi) is 7.65. The van der Waals surface area contributed by atoms with Crippen LogP contribution in [0, 0.1) is 5.92 Å². The zero-order valence-electron chi connectivity index (χ0n) is 18.2. The molecule has 0 fully saturated rings. The second-order valence-corrected chi connectivity index (χ2v) is 9.69. The van der Waals surface area contributed by atoms with Gasteiger partial charge in [-0.15, -0.1) is 0 Å². The molecule has 164 valence electrons. The number of carbonyl (C=O) groups excluding carboxylic acids is 2. The van der Waals surface area contributed by atoms with Crippen molar-refractivity contribution in [1.82, 2.24) is 9.71 Å². The monoisotopic (exact) mass is 435 g/mol. The van der Waals surface area contributed by atoms with Gasteiger partial charge < -0.3 is 4.74 Å². The summed E-state index contributed by atoms with van der Waals surface area (Å²) in [5.41, 5.74) is 1.70. The minimum atomic E-state index is -3.84. The number of nitrogens with zero attached hydrogens (tertiary/aromatic N) is 2. The van der Waals surface area contributed by atoms with E-state index in [0.29, 0.717) is 17.0 Å². The summed E-state index contributed by atoms with van der Waals surface area (Å²) in [6, 6.07) is 3.12. The Balaban J connectivity index is 2.55. The SMILES string of the molecule is CC1=NC(C)=C(C(=O)CS(=O)(=O)NC(C)C)C(c2cccnc2)C1C(=O)OC(C)C. The number of carbonyl (C=O) groups is 2. The van der Waals surface area contributed by atoms with E-state index < -0.39 is 39.4 Å². The topological polar surface area (TPSA) is 115 Å². The van der Waals surface area contributed by atoms with Crippen molar-refractivity contribution < 1.29 is 22.7 Å². The van der Waals surface area contributed by atoms with Gasteiger partial charge in [-0.3, -0.25) is 19.6 Å². The second-order valence-electron chi connectivity index (χ2n) is 7.93. The largest absolute Gasteiger partial charge is 0.462 e. The molecule has 1 aliphatic heterocycles. The number of allylic oxidation sites excluding steroid dienone is 2. The zero-order valence-corrected chi connectivity index (χ0v) is 19.0. The Morgan fingerprint density at radius 3 is 2.40 bits per heavy atom. The van der Waals surface area contributed by atoms with Crippen molar-refractivity contribution in [2.45, 2.75) is 59.6 Å². The number of pyridine rings is 1. The quantitative estimate of drug-likeness (QED) is 0.627. The highest BCUT2D eigenvalue weighted by atomic mass is 32.2. The highest BCUT2D eigenvalue weighted by Crippen LogP contribution is 2.40. The molecule has 0 spiro atoms. The Morgan fingerprint density at radius 1 is 1.20 bits per heavy atom. The van der Waals surface area contributed by atoms with Gasteiger partial charge in [0.1, 0.15) is 11.7 Å². The molecule has 9 heteroatoms. The van der Waals surface area contributed by atoms with E-state index in [4.69, 9.17) is 4.74 Å². The van der Waals surface area contributed by atoms with Crippen molar-refractivity contribution in [3.05, 3.63) is 41.4 Å². The van der Waals surface area contributed by atoms with Crippen molar-refractivity contribution in [2.75, 3.05) is 5.75 Å². The van der Waals surface area contributed by atoms with Crippen LogP contribution < -0.4 is 4.72 Å². The summed E-state index contributed by atoms with van der Waals surface area (Å²) in [6.45, 7) is 10.2. The van der Waals surface area contributed by atoms with Crippen LogP contribution in [0.15, 0.2) is 40.8 Å². The summed E-state index contributed by atoms with van der Waals surface area (Å²) < 4.78 is 32.6. The van der Waals surface area contributed by atoms with Gasteiger partial charge in [-0.05, 0) is 53.2 Å². The molecule has 30 heavy (non-hydrogen) atoms. The predicted octanol–water partition coefficient (Wildman–Crippen LogP) is 2.38. The van der Waals surface area contributed by atoms with Crippen LogP contribution in [0.3, 0.4) is 0 Å².